The number of methoxy groups -OCH3 is 2. The molecule has 0 saturated heterocycles. The van der Waals surface area contributed by atoms with Gasteiger partial charge in [-0.3, -0.25) is 10.1 Å². The summed E-state index contributed by atoms with van der Waals surface area (Å²) in [5.74, 6) is -0.991. The molecule has 1 aromatic rings. The van der Waals surface area contributed by atoms with E-state index in [2.05, 4.69) is 0 Å². The Morgan fingerprint density at radius 1 is 1.28 bits per heavy atom. The van der Waals surface area contributed by atoms with E-state index in [-0.39, 0.29) is 22.7 Å². The van der Waals surface area contributed by atoms with Gasteiger partial charge in [-0.1, -0.05) is 0 Å². The molecule has 0 aromatic heterocycles. The third kappa shape index (κ3) is 2.97. The van der Waals surface area contributed by atoms with Crippen LogP contribution in [0.2, 0.25) is 0 Å². The summed E-state index contributed by atoms with van der Waals surface area (Å²) in [7, 11) is 2.72. The van der Waals surface area contributed by atoms with Crippen LogP contribution in [0.4, 0.5) is 5.69 Å². The van der Waals surface area contributed by atoms with Crippen molar-refractivity contribution in [2.24, 2.45) is 0 Å². The molecule has 1 aromatic carbocycles. The number of aliphatic carboxylic acids is 1. The van der Waals surface area contributed by atoms with Crippen molar-refractivity contribution in [3.8, 4) is 11.5 Å². The van der Waals surface area contributed by atoms with Crippen LogP contribution in [-0.2, 0) is 4.79 Å². The molecule has 0 unspecified atom stereocenters. The lowest BCUT2D eigenvalue weighted by atomic mass is 10.1. The van der Waals surface area contributed by atoms with Gasteiger partial charge in [0, 0.05) is 0 Å². The van der Waals surface area contributed by atoms with Crippen LogP contribution < -0.4 is 14.6 Å². The molecule has 0 aliphatic carbocycles. The molecule has 0 aliphatic rings. The second kappa shape index (κ2) is 5.67. The van der Waals surface area contributed by atoms with Crippen LogP contribution in [0.15, 0.2) is 18.2 Å². The molecule has 0 N–H and O–H groups in total. The summed E-state index contributed by atoms with van der Waals surface area (Å²) in [6, 6.07) is 2.48. The first-order chi connectivity index (χ1) is 8.49. The molecular formula is C11H10NO6-. The second-order valence-corrected chi connectivity index (χ2v) is 3.18. The Balaban J connectivity index is 3.37. The van der Waals surface area contributed by atoms with Gasteiger partial charge in [0.05, 0.1) is 36.7 Å². The topological polar surface area (TPSA) is 102 Å². The van der Waals surface area contributed by atoms with Gasteiger partial charge in [-0.2, -0.15) is 0 Å². The number of rotatable bonds is 5. The van der Waals surface area contributed by atoms with Crippen LogP contribution >= 0.6 is 0 Å². The van der Waals surface area contributed by atoms with Gasteiger partial charge in [0.25, 0.3) is 5.69 Å². The molecule has 0 fully saturated rings. The van der Waals surface area contributed by atoms with Gasteiger partial charge in [0.1, 0.15) is 0 Å². The van der Waals surface area contributed by atoms with Gasteiger partial charge < -0.3 is 19.4 Å². The van der Waals surface area contributed by atoms with E-state index in [0.29, 0.717) is 6.08 Å². The zero-order chi connectivity index (χ0) is 13.7. The predicted octanol–water partition coefficient (Wildman–Crippen LogP) is 0.375. The predicted molar refractivity (Wildman–Crippen MR) is 60.2 cm³/mol. The maximum Gasteiger partial charge on any atom is 0.280 e. The number of carboxylic acid groups (broad SMARTS) is 1. The van der Waals surface area contributed by atoms with E-state index < -0.39 is 10.9 Å². The molecule has 0 aliphatic heterocycles. The first-order valence-electron chi connectivity index (χ1n) is 4.79. The van der Waals surface area contributed by atoms with E-state index in [1.807, 2.05) is 0 Å². The number of carbonyl (C=O) groups excluding carboxylic acids is 1. The van der Waals surface area contributed by atoms with Crippen molar-refractivity contribution in [1.29, 1.82) is 0 Å². The zero-order valence-corrected chi connectivity index (χ0v) is 9.71. The van der Waals surface area contributed by atoms with Gasteiger partial charge in [-0.25, -0.2) is 0 Å². The van der Waals surface area contributed by atoms with Crippen LogP contribution in [0.25, 0.3) is 6.08 Å². The monoisotopic (exact) mass is 252 g/mol. The number of nitro groups is 1. The molecule has 7 heteroatoms. The van der Waals surface area contributed by atoms with Crippen LogP contribution in [0.3, 0.4) is 0 Å². The first kappa shape index (κ1) is 13.5. The Kier molecular flexibility index (Phi) is 4.25. The molecule has 0 atom stereocenters. The molecule has 0 spiro atoms. The average Bonchev–Trinajstić information content (AvgIpc) is 2.34. The van der Waals surface area contributed by atoms with Gasteiger partial charge >= 0.3 is 0 Å². The minimum absolute atomic E-state index is 0.0850. The van der Waals surface area contributed by atoms with Crippen molar-refractivity contribution in [2.75, 3.05) is 14.2 Å². The maximum absolute atomic E-state index is 10.8. The summed E-state index contributed by atoms with van der Waals surface area (Å²) in [5.41, 5.74) is -0.202. The van der Waals surface area contributed by atoms with Crippen LogP contribution in [0.1, 0.15) is 5.56 Å². The summed E-state index contributed by atoms with van der Waals surface area (Å²) < 4.78 is 9.90. The molecule has 1 rings (SSSR count). The van der Waals surface area contributed by atoms with E-state index in [0.717, 1.165) is 12.1 Å². The summed E-state index contributed by atoms with van der Waals surface area (Å²) >= 11 is 0. The number of ether oxygens (including phenoxy) is 2. The molecule has 7 nitrogen and oxygen atoms in total. The van der Waals surface area contributed by atoms with Crippen molar-refractivity contribution in [3.63, 3.8) is 0 Å². The number of hydrogen-bond acceptors (Lipinski definition) is 6. The van der Waals surface area contributed by atoms with E-state index in [1.165, 1.54) is 20.3 Å². The smallest absolute Gasteiger partial charge is 0.280 e. The van der Waals surface area contributed by atoms with E-state index in [9.17, 15) is 20.0 Å². The van der Waals surface area contributed by atoms with Crippen LogP contribution in [0.5, 0.6) is 11.5 Å². The Bertz CT molecular complexity index is 509. The maximum atomic E-state index is 10.8. The number of carboxylic acids is 1. The number of hydrogen-bond donors (Lipinski definition) is 0. The van der Waals surface area contributed by atoms with Crippen molar-refractivity contribution in [2.45, 2.75) is 0 Å². The molecule has 0 heterocycles. The number of nitrogens with zero attached hydrogens (tertiary/aromatic N) is 1. The molecule has 0 radical (unpaired) electrons. The van der Waals surface area contributed by atoms with Gasteiger partial charge in [-0.05, 0) is 18.2 Å². The van der Waals surface area contributed by atoms with Crippen molar-refractivity contribution >= 4 is 17.7 Å². The molecular weight excluding hydrogens is 242 g/mol. The highest BCUT2D eigenvalue weighted by Crippen LogP contribution is 2.34. The standard InChI is InChI=1S/C11H11NO6/c1-17-9-5-7(3-4-11(13)14)8(12(15)16)6-10(9)18-2/h3-6H,1-2H3,(H,13,14)/p-1/b4-3+. The van der Waals surface area contributed by atoms with Gasteiger partial charge in [0.15, 0.2) is 11.5 Å². The van der Waals surface area contributed by atoms with Crippen molar-refractivity contribution < 1.29 is 24.3 Å². The SMILES string of the molecule is COc1cc(/C=C/C(=O)[O-])c([N+](=O)[O-])cc1OC. The highest BCUT2D eigenvalue weighted by Gasteiger charge is 2.17. The lowest BCUT2D eigenvalue weighted by Gasteiger charge is -2.08. The highest BCUT2D eigenvalue weighted by molar-refractivity contribution is 5.85. The zero-order valence-electron chi connectivity index (χ0n) is 9.71. The Morgan fingerprint density at radius 3 is 2.28 bits per heavy atom. The third-order valence-electron chi connectivity index (χ3n) is 2.13. The Labute approximate surface area is 102 Å². The fourth-order valence-electron chi connectivity index (χ4n) is 1.33. The summed E-state index contributed by atoms with van der Waals surface area (Å²) in [6.45, 7) is 0. The fraction of sp³-hybridized carbons (Fsp3) is 0.182. The fourth-order valence-corrected chi connectivity index (χ4v) is 1.33. The van der Waals surface area contributed by atoms with Crippen molar-refractivity contribution in [3.05, 3.63) is 33.9 Å². The van der Waals surface area contributed by atoms with E-state index in [1.54, 1.807) is 0 Å². The van der Waals surface area contributed by atoms with Crippen molar-refractivity contribution in [1.82, 2.24) is 0 Å². The highest BCUT2D eigenvalue weighted by atomic mass is 16.6. The average molecular weight is 252 g/mol. The van der Waals surface area contributed by atoms with Crippen LogP contribution in [0, 0.1) is 10.1 Å². The van der Waals surface area contributed by atoms with E-state index >= 15 is 0 Å². The molecule has 18 heavy (non-hydrogen) atoms. The minimum Gasteiger partial charge on any atom is -0.545 e. The normalized spacial score (nSPS) is 10.3. The first-order valence-corrected chi connectivity index (χ1v) is 4.79. The van der Waals surface area contributed by atoms with Crippen LogP contribution in [-0.4, -0.2) is 25.1 Å². The summed E-state index contributed by atoms with van der Waals surface area (Å²) in [6.07, 6.45) is 1.77. The number of nitro benzene ring substituents is 1. The lowest BCUT2D eigenvalue weighted by molar-refractivity contribution is -0.385. The van der Waals surface area contributed by atoms with Gasteiger partial charge in [0.2, 0.25) is 0 Å². The third-order valence-corrected chi connectivity index (χ3v) is 2.13. The quantitative estimate of drug-likeness (QED) is 0.426. The molecule has 0 saturated carbocycles. The second-order valence-electron chi connectivity index (χ2n) is 3.18. The van der Waals surface area contributed by atoms with Gasteiger partial charge in [-0.15, -0.1) is 0 Å². The Hall–Kier alpha value is -2.57. The number of benzene rings is 1. The minimum atomic E-state index is -1.45. The number of carbonyl (C=O) groups is 1. The molecule has 0 bridgehead atoms. The lowest BCUT2D eigenvalue weighted by Crippen LogP contribution is -2.18. The Morgan fingerprint density at radius 2 is 1.83 bits per heavy atom. The summed E-state index contributed by atoms with van der Waals surface area (Å²) in [4.78, 5) is 20.5. The molecule has 96 valence electrons. The van der Waals surface area contributed by atoms with E-state index in [4.69, 9.17) is 9.47 Å². The largest absolute Gasteiger partial charge is 0.545 e. The molecule has 0 amide bonds. The summed E-state index contributed by atoms with van der Waals surface area (Å²) in [5, 5.41) is 21.2.